The van der Waals surface area contributed by atoms with Gasteiger partial charge in [0.15, 0.2) is 12.4 Å². The number of nitrogens with one attached hydrogen (secondary N) is 1. The molecule has 0 unspecified atom stereocenters. The van der Waals surface area contributed by atoms with Crippen LogP contribution < -0.4 is 10.1 Å². The van der Waals surface area contributed by atoms with Crippen LogP contribution in [0.1, 0.15) is 21.5 Å². The molecule has 0 aromatic heterocycles. The highest BCUT2D eigenvalue weighted by Gasteiger charge is 2.16. The second-order valence-electron chi connectivity index (χ2n) is 6.62. The van der Waals surface area contributed by atoms with Crippen LogP contribution in [0, 0.1) is 0 Å². The number of amides is 1. The normalized spacial score (nSPS) is 10.6. The number of ether oxygens (including phenoxy) is 2. The summed E-state index contributed by atoms with van der Waals surface area (Å²) < 4.78 is 10.2. The van der Waals surface area contributed by atoms with Crippen LogP contribution in [0.3, 0.4) is 0 Å². The fraction of sp³-hybridized carbons (Fsp3) is 0.0800. The Labute approximate surface area is 190 Å². The zero-order valence-electron chi connectivity index (χ0n) is 17.2. The Morgan fingerprint density at radius 3 is 2.44 bits per heavy atom. The summed E-state index contributed by atoms with van der Waals surface area (Å²) in [6, 6.07) is 20.4. The van der Waals surface area contributed by atoms with Gasteiger partial charge in [0.05, 0.1) is 12.8 Å². The Hall–Kier alpha value is -3.90. The Bertz CT molecular complexity index is 1160. The third-order valence-corrected chi connectivity index (χ3v) is 4.65. The lowest BCUT2D eigenvalue weighted by Gasteiger charge is -2.11. The summed E-state index contributed by atoms with van der Waals surface area (Å²) in [6.07, 6.45) is 2.74. The quantitative estimate of drug-likeness (QED) is 0.304. The number of para-hydroxylation sites is 1. The molecule has 0 aliphatic heterocycles. The molecule has 0 heterocycles. The van der Waals surface area contributed by atoms with Gasteiger partial charge in [-0.3, -0.25) is 9.59 Å². The van der Waals surface area contributed by atoms with E-state index in [9.17, 15) is 14.4 Å². The van der Waals surface area contributed by atoms with Gasteiger partial charge in [-0.25, -0.2) is 4.79 Å². The predicted octanol–water partition coefficient (Wildman–Crippen LogP) is 4.77. The maximum atomic E-state index is 12.8. The molecular weight excluding hydrogens is 430 g/mol. The molecule has 0 saturated heterocycles. The smallest absolute Gasteiger partial charge is 0.331 e. The molecule has 0 spiro atoms. The summed E-state index contributed by atoms with van der Waals surface area (Å²) in [7, 11) is 1.53. The minimum atomic E-state index is -0.692. The monoisotopic (exact) mass is 449 g/mol. The van der Waals surface area contributed by atoms with Gasteiger partial charge in [0.1, 0.15) is 5.75 Å². The predicted molar refractivity (Wildman–Crippen MR) is 123 cm³/mol. The van der Waals surface area contributed by atoms with Gasteiger partial charge >= 0.3 is 5.97 Å². The van der Waals surface area contributed by atoms with E-state index in [2.05, 4.69) is 5.32 Å². The Kier molecular flexibility index (Phi) is 7.78. The molecule has 1 amide bonds. The number of rotatable bonds is 8. The van der Waals surface area contributed by atoms with E-state index in [1.807, 2.05) is 6.07 Å². The maximum Gasteiger partial charge on any atom is 0.331 e. The molecule has 3 aromatic carbocycles. The molecular formula is C25H20ClNO5. The molecule has 0 fully saturated rings. The Morgan fingerprint density at radius 2 is 1.69 bits per heavy atom. The van der Waals surface area contributed by atoms with Crippen LogP contribution in [0.25, 0.3) is 6.08 Å². The van der Waals surface area contributed by atoms with Crippen LogP contribution >= 0.6 is 11.6 Å². The number of esters is 1. The topological polar surface area (TPSA) is 81.7 Å². The SMILES string of the molecule is COc1ccccc1C=CC(=O)OCC(=O)Nc1ccc(Cl)cc1C(=O)c1ccccc1. The van der Waals surface area contributed by atoms with Crippen molar-refractivity contribution in [1.82, 2.24) is 0 Å². The number of hydrogen-bond acceptors (Lipinski definition) is 5. The highest BCUT2D eigenvalue weighted by Crippen LogP contribution is 2.24. The molecule has 32 heavy (non-hydrogen) atoms. The Morgan fingerprint density at radius 1 is 0.969 bits per heavy atom. The number of carbonyl (C=O) groups excluding carboxylic acids is 3. The van der Waals surface area contributed by atoms with Crippen molar-refractivity contribution in [1.29, 1.82) is 0 Å². The second-order valence-corrected chi connectivity index (χ2v) is 7.05. The standard InChI is InChI=1S/C25H20ClNO5/c1-31-22-10-6-5-7-17(22)11-14-24(29)32-16-23(28)27-21-13-12-19(26)15-20(21)25(30)18-8-3-2-4-9-18/h2-15H,16H2,1H3,(H,27,28). The fourth-order valence-corrected chi connectivity index (χ4v) is 3.06. The van der Waals surface area contributed by atoms with Crippen LogP contribution in [0.4, 0.5) is 5.69 Å². The largest absolute Gasteiger partial charge is 0.496 e. The molecule has 0 aliphatic rings. The third-order valence-electron chi connectivity index (χ3n) is 4.42. The number of halogens is 1. The zero-order valence-corrected chi connectivity index (χ0v) is 18.0. The van der Waals surface area contributed by atoms with Crippen LogP contribution in [0.15, 0.2) is 78.9 Å². The van der Waals surface area contributed by atoms with E-state index in [-0.39, 0.29) is 17.0 Å². The highest BCUT2D eigenvalue weighted by molar-refractivity contribution is 6.31. The molecule has 1 N–H and O–H groups in total. The van der Waals surface area contributed by atoms with Crippen LogP contribution in [-0.2, 0) is 14.3 Å². The molecule has 0 radical (unpaired) electrons. The van der Waals surface area contributed by atoms with E-state index in [1.165, 1.54) is 31.4 Å². The summed E-state index contributed by atoms with van der Waals surface area (Å²) >= 11 is 6.04. The highest BCUT2D eigenvalue weighted by atomic mass is 35.5. The van der Waals surface area contributed by atoms with Gasteiger partial charge in [0.25, 0.3) is 5.91 Å². The first-order valence-corrected chi connectivity index (χ1v) is 10.0. The van der Waals surface area contributed by atoms with Gasteiger partial charge in [0.2, 0.25) is 0 Å². The van der Waals surface area contributed by atoms with E-state index in [1.54, 1.807) is 54.6 Å². The molecule has 0 bridgehead atoms. The first kappa shape index (κ1) is 22.8. The van der Waals surface area contributed by atoms with Crippen molar-refractivity contribution >= 4 is 41.0 Å². The van der Waals surface area contributed by atoms with Crippen molar-refractivity contribution < 1.29 is 23.9 Å². The molecule has 0 saturated carbocycles. The maximum absolute atomic E-state index is 12.8. The van der Waals surface area contributed by atoms with E-state index in [4.69, 9.17) is 21.1 Å². The van der Waals surface area contributed by atoms with Gasteiger partial charge in [0, 0.05) is 27.8 Å². The summed E-state index contributed by atoms with van der Waals surface area (Å²) in [5, 5.41) is 2.95. The molecule has 7 heteroatoms. The summed E-state index contributed by atoms with van der Waals surface area (Å²) in [4.78, 5) is 37.1. The number of benzene rings is 3. The number of carbonyl (C=O) groups is 3. The lowest BCUT2D eigenvalue weighted by molar-refractivity contribution is -0.142. The molecule has 6 nitrogen and oxygen atoms in total. The third kappa shape index (κ3) is 6.06. The second kappa shape index (κ2) is 10.9. The van der Waals surface area contributed by atoms with Gasteiger partial charge in [-0.2, -0.15) is 0 Å². The van der Waals surface area contributed by atoms with Crippen molar-refractivity contribution in [2.45, 2.75) is 0 Å². The zero-order chi connectivity index (χ0) is 22.9. The number of ketones is 1. The number of hydrogen-bond donors (Lipinski definition) is 1. The average molecular weight is 450 g/mol. The number of anilines is 1. The Balaban J connectivity index is 1.63. The average Bonchev–Trinajstić information content (AvgIpc) is 2.82. The minimum absolute atomic E-state index is 0.236. The number of methoxy groups -OCH3 is 1. The lowest BCUT2D eigenvalue weighted by atomic mass is 10.0. The van der Waals surface area contributed by atoms with Crippen LogP contribution in [0.5, 0.6) is 5.75 Å². The van der Waals surface area contributed by atoms with Crippen LogP contribution in [0.2, 0.25) is 5.02 Å². The van der Waals surface area contributed by atoms with Crippen molar-refractivity contribution in [3.05, 3.63) is 101 Å². The molecule has 0 atom stereocenters. The molecule has 162 valence electrons. The van der Waals surface area contributed by atoms with E-state index >= 15 is 0 Å². The van der Waals surface area contributed by atoms with E-state index in [0.29, 0.717) is 21.9 Å². The minimum Gasteiger partial charge on any atom is -0.496 e. The van der Waals surface area contributed by atoms with E-state index < -0.39 is 18.5 Å². The lowest BCUT2D eigenvalue weighted by Crippen LogP contribution is -2.21. The van der Waals surface area contributed by atoms with Crippen molar-refractivity contribution in [2.75, 3.05) is 19.0 Å². The van der Waals surface area contributed by atoms with Gasteiger partial charge < -0.3 is 14.8 Å². The first-order chi connectivity index (χ1) is 15.5. The molecule has 0 aliphatic carbocycles. The van der Waals surface area contributed by atoms with Gasteiger partial charge in [-0.15, -0.1) is 0 Å². The molecule has 3 aromatic rings. The summed E-state index contributed by atoms with van der Waals surface area (Å²) in [5.41, 5.74) is 1.66. The molecule has 3 rings (SSSR count). The van der Waals surface area contributed by atoms with Gasteiger partial charge in [-0.1, -0.05) is 60.1 Å². The summed E-state index contributed by atoms with van der Waals surface area (Å²) in [5.74, 6) is -0.969. The van der Waals surface area contributed by atoms with Crippen LogP contribution in [-0.4, -0.2) is 31.4 Å². The van der Waals surface area contributed by atoms with Crippen molar-refractivity contribution in [2.24, 2.45) is 0 Å². The van der Waals surface area contributed by atoms with Crippen molar-refractivity contribution in [3.63, 3.8) is 0 Å². The van der Waals surface area contributed by atoms with Crippen molar-refractivity contribution in [3.8, 4) is 5.75 Å². The van der Waals surface area contributed by atoms with E-state index in [0.717, 1.165) is 0 Å². The fourth-order valence-electron chi connectivity index (χ4n) is 2.89. The first-order valence-electron chi connectivity index (χ1n) is 9.65. The van der Waals surface area contributed by atoms with Gasteiger partial charge in [-0.05, 0) is 30.3 Å². The summed E-state index contributed by atoms with van der Waals surface area (Å²) in [6.45, 7) is -0.517.